The average Bonchev–Trinajstić information content (AvgIpc) is 3.24. The molecule has 4 heteroatoms. The molecule has 1 aromatic carbocycles. The predicted molar refractivity (Wildman–Crippen MR) is 84.1 cm³/mol. The summed E-state index contributed by atoms with van der Waals surface area (Å²) in [6.07, 6.45) is 6.32. The van der Waals surface area contributed by atoms with E-state index in [1.54, 1.807) is 35.6 Å². The first-order chi connectivity index (χ1) is 10.8. The Morgan fingerprint density at radius 3 is 2.41 bits per heavy atom. The van der Waals surface area contributed by atoms with Gasteiger partial charge in [0.25, 0.3) is 5.91 Å². The lowest BCUT2D eigenvalue weighted by Gasteiger charge is -2.20. The molecule has 4 nitrogen and oxygen atoms in total. The highest BCUT2D eigenvalue weighted by molar-refractivity contribution is 6.03. The van der Waals surface area contributed by atoms with Crippen molar-refractivity contribution < 1.29 is 13.6 Å². The van der Waals surface area contributed by atoms with Crippen LogP contribution in [0.4, 0.5) is 5.69 Å². The zero-order chi connectivity index (χ0) is 15.2. The van der Waals surface area contributed by atoms with Gasteiger partial charge in [-0.15, -0.1) is 0 Å². The van der Waals surface area contributed by atoms with Crippen LogP contribution in [0, 0.1) is 0 Å². The summed E-state index contributed by atoms with van der Waals surface area (Å²) in [5.41, 5.74) is 0.813. The second kappa shape index (κ2) is 6.63. The summed E-state index contributed by atoms with van der Waals surface area (Å²) in [7, 11) is 0. The van der Waals surface area contributed by atoms with Crippen LogP contribution in [0.15, 0.2) is 82.0 Å². The van der Waals surface area contributed by atoms with E-state index in [-0.39, 0.29) is 5.91 Å². The SMILES string of the molecule is O=C(/C=C/c1ccco1)N(Cc1ccco1)c1ccccc1. The maximum atomic E-state index is 12.5. The Bertz CT molecular complexity index is 728. The fraction of sp³-hybridized carbons (Fsp3) is 0.0556. The molecule has 2 aromatic heterocycles. The normalized spacial score (nSPS) is 10.9. The van der Waals surface area contributed by atoms with Crippen molar-refractivity contribution in [3.8, 4) is 0 Å². The number of amides is 1. The van der Waals surface area contributed by atoms with Crippen LogP contribution in [0.3, 0.4) is 0 Å². The first kappa shape index (κ1) is 13.9. The molecule has 0 fully saturated rings. The van der Waals surface area contributed by atoms with Gasteiger partial charge in [0.15, 0.2) is 0 Å². The Hall–Kier alpha value is -3.01. The minimum absolute atomic E-state index is 0.140. The van der Waals surface area contributed by atoms with Crippen LogP contribution < -0.4 is 4.90 Å². The van der Waals surface area contributed by atoms with Gasteiger partial charge in [0.05, 0.1) is 19.1 Å². The Kier molecular flexibility index (Phi) is 4.20. The second-order valence-corrected chi connectivity index (χ2v) is 4.69. The van der Waals surface area contributed by atoms with E-state index in [1.807, 2.05) is 42.5 Å². The third-order valence-electron chi connectivity index (χ3n) is 3.16. The van der Waals surface area contributed by atoms with Crippen molar-refractivity contribution in [3.05, 3.63) is 84.7 Å². The fourth-order valence-electron chi connectivity index (χ4n) is 2.09. The zero-order valence-electron chi connectivity index (χ0n) is 11.9. The Labute approximate surface area is 128 Å². The number of benzene rings is 1. The lowest BCUT2D eigenvalue weighted by molar-refractivity contribution is -0.114. The average molecular weight is 293 g/mol. The number of hydrogen-bond donors (Lipinski definition) is 0. The molecule has 0 saturated heterocycles. The third kappa shape index (κ3) is 3.35. The minimum atomic E-state index is -0.140. The Balaban J connectivity index is 1.83. The van der Waals surface area contributed by atoms with Gasteiger partial charge in [-0.05, 0) is 42.5 Å². The van der Waals surface area contributed by atoms with Crippen molar-refractivity contribution in [2.45, 2.75) is 6.54 Å². The van der Waals surface area contributed by atoms with Crippen LogP contribution in [0.2, 0.25) is 0 Å². The molecular weight excluding hydrogens is 278 g/mol. The van der Waals surface area contributed by atoms with E-state index in [4.69, 9.17) is 8.83 Å². The van der Waals surface area contributed by atoms with Crippen molar-refractivity contribution in [3.63, 3.8) is 0 Å². The van der Waals surface area contributed by atoms with Gasteiger partial charge in [0.2, 0.25) is 0 Å². The molecule has 3 rings (SSSR count). The number of hydrogen-bond acceptors (Lipinski definition) is 3. The highest BCUT2D eigenvalue weighted by Crippen LogP contribution is 2.18. The summed E-state index contributed by atoms with van der Waals surface area (Å²) in [4.78, 5) is 14.2. The highest BCUT2D eigenvalue weighted by atomic mass is 16.3. The number of para-hydroxylation sites is 1. The van der Waals surface area contributed by atoms with Crippen LogP contribution in [0.1, 0.15) is 11.5 Å². The molecule has 110 valence electrons. The molecule has 0 N–H and O–H groups in total. The zero-order valence-corrected chi connectivity index (χ0v) is 11.9. The summed E-state index contributed by atoms with van der Waals surface area (Å²) < 4.78 is 10.5. The number of anilines is 1. The molecule has 0 aliphatic rings. The molecule has 0 unspecified atom stereocenters. The molecule has 2 heterocycles. The van der Waals surface area contributed by atoms with E-state index in [9.17, 15) is 4.79 Å². The molecule has 0 aliphatic heterocycles. The van der Waals surface area contributed by atoms with Gasteiger partial charge in [0, 0.05) is 11.8 Å². The van der Waals surface area contributed by atoms with Gasteiger partial charge in [-0.1, -0.05) is 18.2 Å². The maximum absolute atomic E-state index is 12.5. The summed E-state index contributed by atoms with van der Waals surface area (Å²) in [6, 6.07) is 16.7. The molecule has 22 heavy (non-hydrogen) atoms. The summed E-state index contributed by atoms with van der Waals surface area (Å²) in [5, 5.41) is 0. The van der Waals surface area contributed by atoms with Crippen LogP contribution in [0.25, 0.3) is 6.08 Å². The lowest BCUT2D eigenvalue weighted by Crippen LogP contribution is -2.28. The highest BCUT2D eigenvalue weighted by Gasteiger charge is 2.15. The van der Waals surface area contributed by atoms with Gasteiger partial charge in [-0.25, -0.2) is 0 Å². The molecular formula is C18H15NO3. The monoisotopic (exact) mass is 293 g/mol. The predicted octanol–water partition coefficient (Wildman–Crippen LogP) is 4.12. The van der Waals surface area contributed by atoms with Gasteiger partial charge in [-0.3, -0.25) is 4.79 Å². The fourth-order valence-corrected chi connectivity index (χ4v) is 2.09. The van der Waals surface area contributed by atoms with Crippen molar-refractivity contribution >= 4 is 17.7 Å². The summed E-state index contributed by atoms with van der Waals surface area (Å²) in [6.45, 7) is 0.373. The standard InChI is InChI=1S/C18H15NO3/c20-18(11-10-16-8-4-12-21-16)19(14-17-9-5-13-22-17)15-6-2-1-3-7-15/h1-13H,14H2/b11-10+. The Morgan fingerprint density at radius 1 is 0.955 bits per heavy atom. The molecule has 0 spiro atoms. The van der Waals surface area contributed by atoms with Crippen LogP contribution in [-0.2, 0) is 11.3 Å². The van der Waals surface area contributed by atoms with Gasteiger partial charge >= 0.3 is 0 Å². The van der Waals surface area contributed by atoms with E-state index in [0.717, 1.165) is 11.4 Å². The summed E-state index contributed by atoms with van der Waals surface area (Å²) in [5.74, 6) is 1.22. The molecule has 0 radical (unpaired) electrons. The van der Waals surface area contributed by atoms with Crippen molar-refractivity contribution in [2.24, 2.45) is 0 Å². The number of nitrogens with zero attached hydrogens (tertiary/aromatic N) is 1. The van der Waals surface area contributed by atoms with Gasteiger partial charge in [0.1, 0.15) is 11.5 Å². The van der Waals surface area contributed by atoms with Crippen LogP contribution >= 0.6 is 0 Å². The number of carbonyl (C=O) groups excluding carboxylic acids is 1. The van der Waals surface area contributed by atoms with E-state index in [1.165, 1.54) is 6.08 Å². The molecule has 0 atom stereocenters. The van der Waals surface area contributed by atoms with Gasteiger partial charge in [-0.2, -0.15) is 0 Å². The smallest absolute Gasteiger partial charge is 0.251 e. The maximum Gasteiger partial charge on any atom is 0.251 e. The summed E-state index contributed by atoms with van der Waals surface area (Å²) >= 11 is 0. The van der Waals surface area contributed by atoms with E-state index in [2.05, 4.69) is 0 Å². The molecule has 0 aliphatic carbocycles. The van der Waals surface area contributed by atoms with Crippen LogP contribution in [0.5, 0.6) is 0 Å². The second-order valence-electron chi connectivity index (χ2n) is 4.69. The van der Waals surface area contributed by atoms with Gasteiger partial charge < -0.3 is 13.7 Å². The minimum Gasteiger partial charge on any atom is -0.467 e. The Morgan fingerprint density at radius 2 is 1.73 bits per heavy atom. The number of rotatable bonds is 5. The largest absolute Gasteiger partial charge is 0.467 e. The molecule has 0 bridgehead atoms. The van der Waals surface area contributed by atoms with Crippen LogP contribution in [-0.4, -0.2) is 5.91 Å². The van der Waals surface area contributed by atoms with Crippen molar-refractivity contribution in [2.75, 3.05) is 4.90 Å². The first-order valence-electron chi connectivity index (χ1n) is 6.93. The topological polar surface area (TPSA) is 46.6 Å². The lowest BCUT2D eigenvalue weighted by atomic mass is 10.2. The molecule has 0 saturated carbocycles. The first-order valence-corrected chi connectivity index (χ1v) is 6.93. The van der Waals surface area contributed by atoms with Crippen molar-refractivity contribution in [1.82, 2.24) is 0 Å². The molecule has 1 amide bonds. The van der Waals surface area contributed by atoms with E-state index < -0.39 is 0 Å². The molecule has 3 aromatic rings. The number of furan rings is 2. The van der Waals surface area contributed by atoms with E-state index >= 15 is 0 Å². The van der Waals surface area contributed by atoms with Crippen molar-refractivity contribution in [1.29, 1.82) is 0 Å². The van der Waals surface area contributed by atoms with E-state index in [0.29, 0.717) is 12.3 Å². The quantitative estimate of drug-likeness (QED) is 0.665. The number of carbonyl (C=O) groups is 1. The third-order valence-corrected chi connectivity index (χ3v) is 3.16.